The van der Waals surface area contributed by atoms with Crippen molar-refractivity contribution in [1.29, 1.82) is 0 Å². The third-order valence-corrected chi connectivity index (χ3v) is 2.76. The Morgan fingerprint density at radius 1 is 1.29 bits per heavy atom. The predicted molar refractivity (Wildman–Crippen MR) is 80.9 cm³/mol. The monoisotopic (exact) mass is 288 g/mol. The molecule has 0 aliphatic rings. The van der Waals surface area contributed by atoms with Gasteiger partial charge in [-0.15, -0.1) is 0 Å². The number of hydrogen-bond donors (Lipinski definition) is 2. The van der Waals surface area contributed by atoms with E-state index in [-0.39, 0.29) is 0 Å². The van der Waals surface area contributed by atoms with Crippen LogP contribution < -0.4 is 10.6 Å². The lowest BCUT2D eigenvalue weighted by molar-refractivity contribution is 0.421. The molecule has 2 aromatic heterocycles. The topological polar surface area (TPSA) is 88.2 Å². The predicted octanol–water partition coefficient (Wildman–Crippen LogP) is 1.25. The summed E-state index contributed by atoms with van der Waals surface area (Å²) in [5, 5.41) is 10.4. The fourth-order valence-corrected chi connectivity index (χ4v) is 1.71. The van der Waals surface area contributed by atoms with Crippen LogP contribution in [0, 0.1) is 0 Å². The highest BCUT2D eigenvalue weighted by Gasteiger charge is 2.09. The van der Waals surface area contributed by atoms with Gasteiger partial charge in [0, 0.05) is 32.8 Å². The minimum absolute atomic E-state index is 0.444. The van der Waals surface area contributed by atoms with E-state index in [1.807, 2.05) is 18.2 Å². The van der Waals surface area contributed by atoms with Gasteiger partial charge in [-0.05, 0) is 18.6 Å². The van der Waals surface area contributed by atoms with E-state index in [2.05, 4.69) is 37.7 Å². The maximum absolute atomic E-state index is 5.20. The van der Waals surface area contributed by atoms with Gasteiger partial charge in [-0.3, -0.25) is 9.98 Å². The van der Waals surface area contributed by atoms with Crippen molar-refractivity contribution >= 4 is 5.96 Å². The van der Waals surface area contributed by atoms with E-state index in [0.29, 0.717) is 30.4 Å². The number of pyridine rings is 1. The third-order valence-electron chi connectivity index (χ3n) is 2.76. The lowest BCUT2D eigenvalue weighted by Gasteiger charge is -2.09. The summed E-state index contributed by atoms with van der Waals surface area (Å²) < 4.78 is 5.20. The van der Waals surface area contributed by atoms with Crippen LogP contribution in [0.25, 0.3) is 11.6 Å². The van der Waals surface area contributed by atoms with E-state index in [1.165, 1.54) is 0 Å². The van der Waals surface area contributed by atoms with Crippen LogP contribution in [0.3, 0.4) is 0 Å². The van der Waals surface area contributed by atoms with Crippen molar-refractivity contribution in [2.24, 2.45) is 4.99 Å². The van der Waals surface area contributed by atoms with E-state index >= 15 is 0 Å². The Hall–Kier alpha value is -2.44. The van der Waals surface area contributed by atoms with Crippen molar-refractivity contribution in [1.82, 2.24) is 25.8 Å². The van der Waals surface area contributed by atoms with Gasteiger partial charge in [-0.2, -0.15) is 4.98 Å². The highest BCUT2D eigenvalue weighted by atomic mass is 16.5. The molecule has 0 atom stereocenters. The number of rotatable bonds is 6. The van der Waals surface area contributed by atoms with Crippen LogP contribution in [-0.4, -0.2) is 41.2 Å². The van der Waals surface area contributed by atoms with E-state index in [1.54, 1.807) is 13.2 Å². The van der Waals surface area contributed by atoms with Crippen LogP contribution in [-0.2, 0) is 6.42 Å². The first-order valence-corrected chi connectivity index (χ1v) is 7.02. The summed E-state index contributed by atoms with van der Waals surface area (Å²) in [5.74, 6) is 1.87. The van der Waals surface area contributed by atoms with Crippen molar-refractivity contribution in [2.75, 3.05) is 20.1 Å². The fourth-order valence-electron chi connectivity index (χ4n) is 1.71. The molecule has 0 spiro atoms. The quantitative estimate of drug-likeness (QED) is 0.614. The van der Waals surface area contributed by atoms with Crippen molar-refractivity contribution < 1.29 is 4.52 Å². The first-order valence-electron chi connectivity index (χ1n) is 7.02. The Balaban J connectivity index is 1.83. The highest BCUT2D eigenvalue weighted by molar-refractivity contribution is 5.79. The summed E-state index contributed by atoms with van der Waals surface area (Å²) in [6, 6.07) is 5.57. The van der Waals surface area contributed by atoms with Gasteiger partial charge in [-0.1, -0.05) is 18.1 Å². The molecule has 0 saturated carbocycles. The third kappa shape index (κ3) is 4.55. The average molecular weight is 288 g/mol. The van der Waals surface area contributed by atoms with E-state index in [0.717, 1.165) is 18.9 Å². The molecule has 2 aromatic rings. The van der Waals surface area contributed by atoms with Crippen LogP contribution in [0.5, 0.6) is 0 Å². The number of nitrogens with one attached hydrogen (secondary N) is 2. The van der Waals surface area contributed by atoms with Crippen molar-refractivity contribution in [2.45, 2.75) is 19.8 Å². The second-order valence-corrected chi connectivity index (χ2v) is 4.41. The maximum atomic E-state index is 5.20. The lowest BCUT2D eigenvalue weighted by Crippen LogP contribution is -2.38. The second-order valence-electron chi connectivity index (χ2n) is 4.41. The smallest absolute Gasteiger partial charge is 0.276 e. The molecule has 0 fully saturated rings. The minimum Gasteiger partial charge on any atom is -0.356 e. The molecule has 0 aromatic carbocycles. The van der Waals surface area contributed by atoms with Crippen molar-refractivity contribution in [3.8, 4) is 11.6 Å². The number of nitrogens with zero attached hydrogens (tertiary/aromatic N) is 4. The zero-order valence-electron chi connectivity index (χ0n) is 12.3. The van der Waals surface area contributed by atoms with Gasteiger partial charge in [0.15, 0.2) is 11.8 Å². The number of aliphatic imine (C=N–C) groups is 1. The van der Waals surface area contributed by atoms with E-state index in [4.69, 9.17) is 4.52 Å². The Labute approximate surface area is 123 Å². The molecule has 7 nitrogen and oxygen atoms in total. The lowest BCUT2D eigenvalue weighted by atomic mass is 10.3. The summed E-state index contributed by atoms with van der Waals surface area (Å²) in [6.07, 6.45) is 3.41. The summed E-state index contributed by atoms with van der Waals surface area (Å²) >= 11 is 0. The Bertz CT molecular complexity index is 566. The zero-order chi connectivity index (χ0) is 14.9. The first kappa shape index (κ1) is 15.0. The van der Waals surface area contributed by atoms with E-state index < -0.39 is 0 Å². The Kier molecular flexibility index (Phi) is 5.69. The van der Waals surface area contributed by atoms with E-state index in [9.17, 15) is 0 Å². The van der Waals surface area contributed by atoms with Crippen LogP contribution in [0.4, 0.5) is 0 Å². The molecule has 0 aliphatic carbocycles. The van der Waals surface area contributed by atoms with Crippen molar-refractivity contribution in [3.05, 3.63) is 30.2 Å². The molecular weight excluding hydrogens is 268 g/mol. The van der Waals surface area contributed by atoms with Gasteiger partial charge in [0.2, 0.25) is 0 Å². The molecule has 0 radical (unpaired) electrons. The minimum atomic E-state index is 0.444. The van der Waals surface area contributed by atoms with Gasteiger partial charge in [0.05, 0.1) is 0 Å². The molecule has 7 heteroatoms. The second kappa shape index (κ2) is 7.98. The Morgan fingerprint density at radius 3 is 2.86 bits per heavy atom. The number of aromatic nitrogens is 3. The fraction of sp³-hybridized carbons (Fsp3) is 0.429. The summed E-state index contributed by atoms with van der Waals surface area (Å²) in [5.41, 5.74) is 0.685. The van der Waals surface area contributed by atoms with Gasteiger partial charge in [0.1, 0.15) is 5.69 Å². The molecule has 2 N–H and O–H groups in total. The normalized spacial score (nSPS) is 11.4. The number of hydrogen-bond acceptors (Lipinski definition) is 5. The van der Waals surface area contributed by atoms with Crippen LogP contribution in [0.2, 0.25) is 0 Å². The standard InChI is InChI=1S/C14H20N6O/c1-3-8-17-14(15-2)18-10-7-12-19-13(21-20-12)11-6-4-5-9-16-11/h4-6,9H,3,7-8,10H2,1-2H3,(H2,15,17,18). The van der Waals surface area contributed by atoms with Gasteiger partial charge in [0.25, 0.3) is 5.89 Å². The molecule has 21 heavy (non-hydrogen) atoms. The molecule has 2 heterocycles. The van der Waals surface area contributed by atoms with Gasteiger partial charge < -0.3 is 15.2 Å². The molecule has 0 aliphatic heterocycles. The maximum Gasteiger partial charge on any atom is 0.276 e. The Morgan fingerprint density at radius 2 is 2.14 bits per heavy atom. The summed E-state index contributed by atoms with van der Waals surface area (Å²) in [4.78, 5) is 12.6. The number of guanidine groups is 1. The molecule has 0 bridgehead atoms. The van der Waals surface area contributed by atoms with Crippen LogP contribution in [0.15, 0.2) is 33.9 Å². The van der Waals surface area contributed by atoms with Crippen LogP contribution in [0.1, 0.15) is 19.2 Å². The summed E-state index contributed by atoms with van der Waals surface area (Å²) in [6.45, 7) is 3.69. The molecular formula is C14H20N6O. The molecule has 0 saturated heterocycles. The van der Waals surface area contributed by atoms with Crippen LogP contribution >= 0.6 is 0 Å². The van der Waals surface area contributed by atoms with Gasteiger partial charge in [-0.25, -0.2) is 0 Å². The zero-order valence-corrected chi connectivity index (χ0v) is 12.3. The SMILES string of the molecule is CCCNC(=NC)NCCc1noc(-c2ccccn2)n1. The molecule has 0 unspecified atom stereocenters. The largest absolute Gasteiger partial charge is 0.356 e. The summed E-state index contributed by atoms with van der Waals surface area (Å²) in [7, 11) is 1.75. The van der Waals surface area contributed by atoms with Gasteiger partial charge >= 0.3 is 0 Å². The molecule has 2 rings (SSSR count). The van der Waals surface area contributed by atoms with Crippen molar-refractivity contribution in [3.63, 3.8) is 0 Å². The molecule has 0 amide bonds. The average Bonchev–Trinajstić information content (AvgIpc) is 3.00. The highest BCUT2D eigenvalue weighted by Crippen LogP contribution is 2.12. The molecule has 112 valence electrons. The first-order chi connectivity index (χ1) is 10.3.